The van der Waals surface area contributed by atoms with Crippen LogP contribution >= 0.6 is 11.6 Å². The lowest BCUT2D eigenvalue weighted by atomic mass is 10.1. The van der Waals surface area contributed by atoms with Gasteiger partial charge in [0, 0.05) is 27.7 Å². The molecule has 5 aromatic rings. The van der Waals surface area contributed by atoms with Crippen LogP contribution in [0.15, 0.2) is 88.6 Å². The number of carbonyl (C=O) groups excluding carboxylic acids is 1. The third-order valence-corrected chi connectivity index (χ3v) is 5.80. The van der Waals surface area contributed by atoms with Gasteiger partial charge in [0.15, 0.2) is 5.78 Å². The molecule has 0 saturated heterocycles. The van der Waals surface area contributed by atoms with Crippen molar-refractivity contribution in [3.8, 4) is 0 Å². The van der Waals surface area contributed by atoms with Crippen LogP contribution in [0.1, 0.15) is 15.9 Å². The van der Waals surface area contributed by atoms with E-state index in [2.05, 4.69) is 4.98 Å². The van der Waals surface area contributed by atoms with Crippen LogP contribution in [-0.2, 0) is 13.1 Å². The van der Waals surface area contributed by atoms with Crippen LogP contribution < -0.4 is 11.1 Å². The van der Waals surface area contributed by atoms with Gasteiger partial charge in [-0.05, 0) is 29.8 Å². The van der Waals surface area contributed by atoms with E-state index < -0.39 is 11.1 Å². The molecule has 0 bridgehead atoms. The first kappa shape index (κ1) is 20.0. The van der Waals surface area contributed by atoms with E-state index >= 15 is 0 Å². The first-order chi connectivity index (χ1) is 15.5. The number of fused-ring (bicyclic) bond motifs is 2. The zero-order valence-corrected chi connectivity index (χ0v) is 17.7. The number of benzene rings is 3. The van der Waals surface area contributed by atoms with E-state index in [1.54, 1.807) is 24.4 Å². The lowest BCUT2D eigenvalue weighted by Crippen LogP contribution is -2.42. The average Bonchev–Trinajstić information content (AvgIpc) is 3.24. The summed E-state index contributed by atoms with van der Waals surface area (Å²) in [5.41, 5.74) is 1.71. The molecule has 0 atom stereocenters. The Bertz CT molecular complexity index is 1600. The number of ketones is 1. The molecule has 0 unspecified atom stereocenters. The normalized spacial score (nSPS) is 11.3. The fraction of sp³-hybridized carbons (Fsp3) is 0.0800. The molecule has 0 radical (unpaired) electrons. The van der Waals surface area contributed by atoms with Crippen molar-refractivity contribution >= 4 is 39.3 Å². The Kier molecular flexibility index (Phi) is 4.99. The highest BCUT2D eigenvalue weighted by Crippen LogP contribution is 2.21. The molecule has 7 heteroatoms. The molecule has 0 aliphatic carbocycles. The van der Waals surface area contributed by atoms with Crippen LogP contribution in [-0.4, -0.2) is 19.9 Å². The van der Waals surface area contributed by atoms with Crippen molar-refractivity contribution in [1.29, 1.82) is 0 Å². The summed E-state index contributed by atoms with van der Waals surface area (Å²) in [4.78, 5) is 42.4. The number of nitrogens with zero attached hydrogens (tertiary/aromatic N) is 2. The van der Waals surface area contributed by atoms with Crippen LogP contribution in [0.3, 0.4) is 0 Å². The number of carbonyl (C=O) groups is 1. The van der Waals surface area contributed by atoms with Gasteiger partial charge in [-0.15, -0.1) is 0 Å². The number of Topliss-reactive ketones (excluding diaryl/α,β-unsaturated/α-hetero) is 1. The number of H-pyrrole nitrogens is 1. The predicted octanol–water partition coefficient (Wildman–Crippen LogP) is 4.23. The minimum absolute atomic E-state index is 0.240. The number of para-hydroxylation sites is 1. The standard InChI is InChI=1S/C25H18ClN3O3/c26-17-10-11-21-22(12-17)29(15-23(30)19-13-27-20-9-5-4-8-18(19)20)25(32)24(31)28(21)14-16-6-2-1-3-7-16/h1-13,27H,14-15H2. The predicted molar refractivity (Wildman–Crippen MR) is 126 cm³/mol. The summed E-state index contributed by atoms with van der Waals surface area (Å²) in [5.74, 6) is -0.272. The van der Waals surface area contributed by atoms with Crippen LogP contribution in [0.4, 0.5) is 0 Å². The maximum Gasteiger partial charge on any atom is 0.317 e. The van der Waals surface area contributed by atoms with Gasteiger partial charge in [-0.1, -0.05) is 60.1 Å². The smallest absolute Gasteiger partial charge is 0.317 e. The highest BCUT2D eigenvalue weighted by Gasteiger charge is 2.18. The monoisotopic (exact) mass is 443 g/mol. The average molecular weight is 444 g/mol. The summed E-state index contributed by atoms with van der Waals surface area (Å²) < 4.78 is 2.64. The fourth-order valence-corrected chi connectivity index (χ4v) is 4.17. The fourth-order valence-electron chi connectivity index (χ4n) is 4.00. The third-order valence-electron chi connectivity index (χ3n) is 5.57. The summed E-state index contributed by atoms with van der Waals surface area (Å²) >= 11 is 6.22. The molecule has 32 heavy (non-hydrogen) atoms. The van der Waals surface area contributed by atoms with Crippen LogP contribution in [0.5, 0.6) is 0 Å². The van der Waals surface area contributed by atoms with Gasteiger partial charge < -0.3 is 4.98 Å². The van der Waals surface area contributed by atoms with E-state index in [0.29, 0.717) is 21.6 Å². The summed E-state index contributed by atoms with van der Waals surface area (Å²) in [6.07, 6.45) is 1.63. The molecule has 0 spiro atoms. The second-order valence-corrected chi connectivity index (χ2v) is 8.01. The van der Waals surface area contributed by atoms with Crippen molar-refractivity contribution in [1.82, 2.24) is 14.1 Å². The van der Waals surface area contributed by atoms with Crippen molar-refractivity contribution in [3.63, 3.8) is 0 Å². The number of aromatic amines is 1. The quantitative estimate of drug-likeness (QED) is 0.326. The minimum Gasteiger partial charge on any atom is -0.360 e. The summed E-state index contributed by atoms with van der Waals surface area (Å²) in [6.45, 7) is -0.0246. The largest absolute Gasteiger partial charge is 0.360 e. The Morgan fingerprint density at radius 3 is 2.38 bits per heavy atom. The van der Waals surface area contributed by atoms with Crippen molar-refractivity contribution < 1.29 is 4.79 Å². The molecule has 1 N–H and O–H groups in total. The second kappa shape index (κ2) is 7.98. The van der Waals surface area contributed by atoms with Gasteiger partial charge in [-0.2, -0.15) is 0 Å². The molecule has 0 amide bonds. The van der Waals surface area contributed by atoms with Gasteiger partial charge >= 0.3 is 11.1 Å². The molecule has 2 aromatic heterocycles. The van der Waals surface area contributed by atoms with Gasteiger partial charge in [0.25, 0.3) is 0 Å². The van der Waals surface area contributed by atoms with Gasteiger partial charge in [-0.3, -0.25) is 23.5 Å². The molecule has 5 rings (SSSR count). The number of hydrogen-bond donors (Lipinski definition) is 1. The number of rotatable bonds is 5. The minimum atomic E-state index is -0.760. The van der Waals surface area contributed by atoms with Gasteiger partial charge in [-0.25, -0.2) is 0 Å². The number of halogens is 1. The topological polar surface area (TPSA) is 76.9 Å². The van der Waals surface area contributed by atoms with Gasteiger partial charge in [0.05, 0.1) is 24.1 Å². The Labute approximate surface area is 187 Å². The molecule has 2 heterocycles. The molecule has 0 aliphatic heterocycles. The Morgan fingerprint density at radius 2 is 1.56 bits per heavy atom. The van der Waals surface area contributed by atoms with E-state index in [1.165, 1.54) is 9.13 Å². The van der Waals surface area contributed by atoms with Crippen LogP contribution in [0.25, 0.3) is 21.9 Å². The van der Waals surface area contributed by atoms with Crippen molar-refractivity contribution in [2.24, 2.45) is 0 Å². The Hall–Kier alpha value is -3.90. The van der Waals surface area contributed by atoms with E-state index in [0.717, 1.165) is 16.5 Å². The molecular weight excluding hydrogens is 426 g/mol. The number of hydrogen-bond acceptors (Lipinski definition) is 3. The lowest BCUT2D eigenvalue weighted by Gasteiger charge is -2.15. The van der Waals surface area contributed by atoms with Crippen molar-refractivity contribution in [2.75, 3.05) is 0 Å². The van der Waals surface area contributed by atoms with E-state index in [4.69, 9.17) is 11.6 Å². The maximum atomic E-state index is 13.1. The summed E-state index contributed by atoms with van der Waals surface area (Å²) in [5, 5.41) is 1.18. The lowest BCUT2D eigenvalue weighted by molar-refractivity contribution is 0.0973. The van der Waals surface area contributed by atoms with E-state index in [9.17, 15) is 14.4 Å². The van der Waals surface area contributed by atoms with E-state index in [-0.39, 0.29) is 18.9 Å². The number of aromatic nitrogens is 3. The first-order valence-corrected chi connectivity index (χ1v) is 10.5. The third kappa shape index (κ3) is 3.44. The highest BCUT2D eigenvalue weighted by atomic mass is 35.5. The van der Waals surface area contributed by atoms with Gasteiger partial charge in [0.1, 0.15) is 0 Å². The molecule has 3 aromatic carbocycles. The molecular formula is C25H18ClN3O3. The Balaban J connectivity index is 1.65. The maximum absolute atomic E-state index is 13.1. The van der Waals surface area contributed by atoms with E-state index in [1.807, 2.05) is 54.6 Å². The molecule has 0 saturated carbocycles. The molecule has 0 fully saturated rings. The SMILES string of the molecule is O=C(Cn1c(=O)c(=O)n(Cc2ccccc2)c2ccc(Cl)cc21)c1c[nH]c2ccccc12. The first-order valence-electron chi connectivity index (χ1n) is 10.1. The summed E-state index contributed by atoms with van der Waals surface area (Å²) in [7, 11) is 0. The summed E-state index contributed by atoms with van der Waals surface area (Å²) in [6, 6.07) is 21.8. The van der Waals surface area contributed by atoms with Crippen LogP contribution in [0, 0.1) is 0 Å². The highest BCUT2D eigenvalue weighted by molar-refractivity contribution is 6.31. The molecule has 6 nitrogen and oxygen atoms in total. The molecule has 0 aliphatic rings. The molecule has 158 valence electrons. The van der Waals surface area contributed by atoms with Crippen molar-refractivity contribution in [2.45, 2.75) is 13.1 Å². The zero-order chi connectivity index (χ0) is 22.2. The zero-order valence-electron chi connectivity index (χ0n) is 16.9. The Morgan fingerprint density at radius 1 is 0.844 bits per heavy atom. The number of nitrogens with one attached hydrogen (secondary N) is 1. The van der Waals surface area contributed by atoms with Crippen LogP contribution in [0.2, 0.25) is 5.02 Å². The van der Waals surface area contributed by atoms with Crippen molar-refractivity contribution in [3.05, 3.63) is 116 Å². The van der Waals surface area contributed by atoms with Gasteiger partial charge in [0.2, 0.25) is 0 Å². The second-order valence-electron chi connectivity index (χ2n) is 7.57.